The molecular formula is C18H25NO4S. The van der Waals surface area contributed by atoms with Gasteiger partial charge < -0.3 is 15.2 Å². The molecule has 0 spiro atoms. The van der Waals surface area contributed by atoms with Crippen LogP contribution < -0.4 is 5.32 Å². The summed E-state index contributed by atoms with van der Waals surface area (Å²) in [6.45, 7) is 5.44. The number of hydrogen-bond acceptors (Lipinski definition) is 5. The van der Waals surface area contributed by atoms with E-state index in [0.717, 1.165) is 11.8 Å². The fourth-order valence-electron chi connectivity index (χ4n) is 2.62. The van der Waals surface area contributed by atoms with Gasteiger partial charge in [0, 0.05) is 16.9 Å². The zero-order valence-electron chi connectivity index (χ0n) is 14.3. The van der Waals surface area contributed by atoms with Gasteiger partial charge in [0.15, 0.2) is 0 Å². The van der Waals surface area contributed by atoms with Crippen LogP contribution in [0.15, 0.2) is 30.3 Å². The van der Waals surface area contributed by atoms with Crippen LogP contribution in [0.4, 0.5) is 4.79 Å². The molecule has 1 aliphatic rings. The van der Waals surface area contributed by atoms with E-state index in [1.54, 1.807) is 12.1 Å². The first kappa shape index (κ1) is 18.8. The Morgan fingerprint density at radius 3 is 2.50 bits per heavy atom. The third kappa shape index (κ3) is 5.83. The molecule has 1 aromatic rings. The van der Waals surface area contributed by atoms with Crippen molar-refractivity contribution in [3.05, 3.63) is 35.9 Å². The highest BCUT2D eigenvalue weighted by Gasteiger charge is 2.33. The monoisotopic (exact) mass is 351 g/mol. The predicted octanol–water partition coefficient (Wildman–Crippen LogP) is 3.37. The van der Waals surface area contributed by atoms with Crippen LogP contribution in [0.3, 0.4) is 0 Å². The quantitative estimate of drug-likeness (QED) is 0.873. The predicted molar refractivity (Wildman–Crippen MR) is 95.2 cm³/mol. The van der Waals surface area contributed by atoms with Crippen LogP contribution in [-0.2, 0) is 4.74 Å². The summed E-state index contributed by atoms with van der Waals surface area (Å²) in [7, 11) is 0. The summed E-state index contributed by atoms with van der Waals surface area (Å²) in [5.74, 6) is 0. The Bertz CT molecular complexity index is 570. The molecule has 2 rings (SSSR count). The van der Waals surface area contributed by atoms with Gasteiger partial charge in [-0.05, 0) is 40.0 Å². The molecule has 0 unspecified atom stereocenters. The first-order chi connectivity index (χ1) is 11.2. The number of rotatable bonds is 3. The topological polar surface area (TPSA) is 75.6 Å². The molecule has 0 radical (unpaired) electrons. The number of benzene rings is 1. The normalized spacial score (nSPS) is 24.2. The van der Waals surface area contributed by atoms with E-state index in [4.69, 9.17) is 4.74 Å². The fourth-order valence-corrected chi connectivity index (χ4v) is 3.79. The second-order valence-electron chi connectivity index (χ2n) is 7.03. The zero-order valence-corrected chi connectivity index (χ0v) is 15.1. The SMILES string of the molecule is CC(C)(C)OC(=O)N[C@@H]1CC[C@H](O)[C@@H](SC(=O)c2ccccc2)C1. The van der Waals surface area contributed by atoms with E-state index in [-0.39, 0.29) is 16.4 Å². The van der Waals surface area contributed by atoms with E-state index in [9.17, 15) is 14.7 Å². The lowest BCUT2D eigenvalue weighted by Gasteiger charge is -2.33. The van der Waals surface area contributed by atoms with Gasteiger partial charge in [-0.25, -0.2) is 4.79 Å². The van der Waals surface area contributed by atoms with Crippen molar-refractivity contribution in [1.82, 2.24) is 5.32 Å². The summed E-state index contributed by atoms with van der Waals surface area (Å²) >= 11 is 1.14. The van der Waals surface area contributed by atoms with Crippen molar-refractivity contribution in [3.8, 4) is 0 Å². The molecule has 0 aromatic heterocycles. The lowest BCUT2D eigenvalue weighted by molar-refractivity contribution is 0.0466. The molecule has 1 aliphatic carbocycles. The smallest absolute Gasteiger partial charge is 0.407 e. The Morgan fingerprint density at radius 1 is 1.21 bits per heavy atom. The first-order valence-electron chi connectivity index (χ1n) is 8.18. The van der Waals surface area contributed by atoms with Crippen molar-refractivity contribution in [2.45, 2.75) is 63.0 Å². The fraction of sp³-hybridized carbons (Fsp3) is 0.556. The zero-order chi connectivity index (χ0) is 17.7. The Balaban J connectivity index is 1.91. The van der Waals surface area contributed by atoms with Crippen LogP contribution >= 0.6 is 11.8 Å². The van der Waals surface area contributed by atoms with Gasteiger partial charge in [0.2, 0.25) is 5.12 Å². The molecule has 1 fully saturated rings. The lowest BCUT2D eigenvalue weighted by Crippen LogP contribution is -2.45. The third-order valence-electron chi connectivity index (χ3n) is 3.75. The van der Waals surface area contributed by atoms with Gasteiger partial charge >= 0.3 is 6.09 Å². The molecule has 6 heteroatoms. The molecule has 1 amide bonds. The van der Waals surface area contributed by atoms with Gasteiger partial charge in [0.05, 0.1) is 6.10 Å². The number of carbonyl (C=O) groups is 2. The van der Waals surface area contributed by atoms with E-state index >= 15 is 0 Å². The molecule has 1 saturated carbocycles. The van der Waals surface area contributed by atoms with E-state index < -0.39 is 17.8 Å². The van der Waals surface area contributed by atoms with Crippen molar-refractivity contribution in [1.29, 1.82) is 0 Å². The van der Waals surface area contributed by atoms with Crippen LogP contribution in [0, 0.1) is 0 Å². The first-order valence-corrected chi connectivity index (χ1v) is 9.06. The minimum Gasteiger partial charge on any atom is -0.444 e. The van der Waals surface area contributed by atoms with Gasteiger partial charge in [0.25, 0.3) is 0 Å². The number of nitrogens with one attached hydrogen (secondary N) is 1. The molecule has 0 bridgehead atoms. The van der Waals surface area contributed by atoms with Gasteiger partial charge in [-0.3, -0.25) is 4.79 Å². The summed E-state index contributed by atoms with van der Waals surface area (Å²) in [6.07, 6.45) is 0.780. The van der Waals surface area contributed by atoms with E-state index in [1.165, 1.54) is 0 Å². The number of ether oxygens (including phenoxy) is 1. The van der Waals surface area contributed by atoms with Crippen molar-refractivity contribution in [2.24, 2.45) is 0 Å². The molecule has 0 heterocycles. The lowest BCUT2D eigenvalue weighted by atomic mass is 9.93. The molecule has 132 valence electrons. The van der Waals surface area contributed by atoms with Crippen LogP contribution in [0.5, 0.6) is 0 Å². The van der Waals surface area contributed by atoms with Crippen molar-refractivity contribution >= 4 is 23.0 Å². The minimum absolute atomic E-state index is 0.0578. The summed E-state index contributed by atoms with van der Waals surface area (Å²) in [5, 5.41) is 12.7. The number of carbonyl (C=O) groups excluding carboxylic acids is 2. The number of thioether (sulfide) groups is 1. The number of alkyl carbamates (subject to hydrolysis) is 1. The van der Waals surface area contributed by atoms with E-state index in [0.29, 0.717) is 24.8 Å². The number of aliphatic hydroxyl groups excluding tert-OH is 1. The largest absolute Gasteiger partial charge is 0.444 e. The summed E-state index contributed by atoms with van der Waals surface area (Å²) in [4.78, 5) is 24.2. The van der Waals surface area contributed by atoms with Gasteiger partial charge in [-0.2, -0.15) is 0 Å². The van der Waals surface area contributed by atoms with Crippen molar-refractivity contribution in [2.75, 3.05) is 0 Å². The Morgan fingerprint density at radius 2 is 1.88 bits per heavy atom. The maximum Gasteiger partial charge on any atom is 0.407 e. The molecular weight excluding hydrogens is 326 g/mol. The molecule has 2 N–H and O–H groups in total. The van der Waals surface area contributed by atoms with Crippen LogP contribution in [0.25, 0.3) is 0 Å². The minimum atomic E-state index is -0.546. The van der Waals surface area contributed by atoms with Crippen LogP contribution in [0.2, 0.25) is 0 Å². The highest BCUT2D eigenvalue weighted by atomic mass is 32.2. The second kappa shape index (κ2) is 8.03. The maximum atomic E-state index is 12.3. The summed E-state index contributed by atoms with van der Waals surface area (Å²) < 4.78 is 5.27. The maximum absolute atomic E-state index is 12.3. The molecule has 0 saturated heterocycles. The Kier molecular flexibility index (Phi) is 6.29. The number of aliphatic hydroxyl groups is 1. The van der Waals surface area contributed by atoms with Crippen LogP contribution in [0.1, 0.15) is 50.4 Å². The molecule has 1 aromatic carbocycles. The highest BCUT2D eigenvalue weighted by molar-refractivity contribution is 8.14. The third-order valence-corrected chi connectivity index (χ3v) is 5.00. The van der Waals surface area contributed by atoms with Crippen molar-refractivity contribution < 1.29 is 19.4 Å². The Hall–Kier alpha value is -1.53. The average molecular weight is 351 g/mol. The Labute approximate surface area is 147 Å². The van der Waals surface area contributed by atoms with E-state index in [1.807, 2.05) is 39.0 Å². The van der Waals surface area contributed by atoms with Crippen molar-refractivity contribution in [3.63, 3.8) is 0 Å². The van der Waals surface area contributed by atoms with E-state index in [2.05, 4.69) is 5.32 Å². The summed E-state index contributed by atoms with van der Waals surface area (Å²) in [5.41, 5.74) is 0.0762. The number of hydrogen-bond donors (Lipinski definition) is 2. The van der Waals surface area contributed by atoms with Crippen LogP contribution in [-0.4, -0.2) is 39.3 Å². The number of amides is 1. The standard InChI is InChI=1S/C18H25NO4S/c1-18(2,3)23-17(22)19-13-9-10-14(20)15(11-13)24-16(21)12-7-5-4-6-8-12/h4-8,13-15,20H,9-11H2,1-3H3,(H,19,22)/t13-,14+,15+/m1/s1. The molecule has 3 atom stereocenters. The average Bonchev–Trinajstić information content (AvgIpc) is 2.49. The molecule has 24 heavy (non-hydrogen) atoms. The summed E-state index contributed by atoms with van der Waals surface area (Å²) in [6, 6.07) is 8.93. The van der Waals surface area contributed by atoms with Gasteiger partial charge in [-0.15, -0.1) is 0 Å². The molecule has 5 nitrogen and oxygen atoms in total. The second-order valence-corrected chi connectivity index (χ2v) is 8.25. The highest BCUT2D eigenvalue weighted by Crippen LogP contribution is 2.31. The molecule has 0 aliphatic heterocycles. The van der Waals surface area contributed by atoms with Gasteiger partial charge in [-0.1, -0.05) is 42.1 Å². The van der Waals surface area contributed by atoms with Gasteiger partial charge in [0.1, 0.15) is 5.60 Å².